The number of hydrogen-bond donors (Lipinski definition) is 1. The van der Waals surface area contributed by atoms with Crippen LogP contribution in [-0.4, -0.2) is 24.7 Å². The first-order valence-electron chi connectivity index (χ1n) is 4.87. The predicted octanol–water partition coefficient (Wildman–Crippen LogP) is 1.24. The molecule has 0 spiro atoms. The third kappa shape index (κ3) is 1.82. The van der Waals surface area contributed by atoms with Crippen LogP contribution < -0.4 is 5.56 Å². The Morgan fingerprint density at radius 3 is 2.72 bits per heavy atom. The summed E-state index contributed by atoms with van der Waals surface area (Å²) in [4.78, 5) is 28.2. The molecule has 0 atom stereocenters. The second-order valence-electron chi connectivity index (χ2n) is 3.56. The molecule has 0 aliphatic heterocycles. The van der Waals surface area contributed by atoms with Crippen LogP contribution in [0.4, 0.5) is 5.69 Å². The van der Waals surface area contributed by atoms with Gasteiger partial charge in [-0.05, 0) is 29.8 Å². The molecule has 2 aromatic rings. The number of hydrogen-bond acceptors (Lipinski definition) is 5. The Labute approximate surface area is 109 Å². The fourth-order valence-electron chi connectivity index (χ4n) is 1.63. The highest BCUT2D eigenvalue weighted by Gasteiger charge is 2.24. The lowest BCUT2D eigenvalue weighted by molar-refractivity contribution is -0.386. The predicted molar refractivity (Wildman–Crippen MR) is 65.8 cm³/mol. The molecule has 0 aromatic carbocycles. The minimum absolute atomic E-state index is 0.0796. The summed E-state index contributed by atoms with van der Waals surface area (Å²) in [6.07, 6.45) is 1.21. The molecule has 94 valence electrons. The minimum Gasteiger partial charge on any atom is -0.312 e. The van der Waals surface area contributed by atoms with Crippen LogP contribution in [0.25, 0.3) is 5.82 Å². The van der Waals surface area contributed by atoms with E-state index in [4.69, 9.17) is 0 Å². The van der Waals surface area contributed by atoms with Crippen molar-refractivity contribution < 1.29 is 4.92 Å². The average molecular weight is 314 g/mol. The topological polar surface area (TPSA) is 107 Å². The van der Waals surface area contributed by atoms with E-state index in [-0.39, 0.29) is 27.2 Å². The summed E-state index contributed by atoms with van der Waals surface area (Å²) < 4.78 is 1.44. The zero-order valence-corrected chi connectivity index (χ0v) is 11.1. The van der Waals surface area contributed by atoms with Gasteiger partial charge in [-0.3, -0.25) is 14.9 Å². The van der Waals surface area contributed by atoms with Crippen LogP contribution in [0.15, 0.2) is 15.6 Å². The molecular weight excluding hydrogens is 306 g/mol. The molecule has 2 rings (SSSR count). The van der Waals surface area contributed by atoms with Crippen molar-refractivity contribution in [2.75, 3.05) is 0 Å². The Kier molecular flexibility index (Phi) is 2.99. The summed E-state index contributed by atoms with van der Waals surface area (Å²) in [6.45, 7) is 3.08. The van der Waals surface area contributed by atoms with Gasteiger partial charge in [0, 0.05) is 0 Å². The van der Waals surface area contributed by atoms with E-state index in [9.17, 15) is 14.9 Å². The zero-order valence-electron chi connectivity index (χ0n) is 9.47. The molecule has 1 N–H and O–H groups in total. The Morgan fingerprint density at radius 2 is 2.17 bits per heavy atom. The van der Waals surface area contributed by atoms with Gasteiger partial charge in [0.1, 0.15) is 15.9 Å². The lowest BCUT2D eigenvalue weighted by atomic mass is 10.3. The molecule has 0 saturated carbocycles. The van der Waals surface area contributed by atoms with Gasteiger partial charge in [-0.2, -0.15) is 5.10 Å². The first kappa shape index (κ1) is 12.4. The molecule has 9 heteroatoms. The lowest BCUT2D eigenvalue weighted by Gasteiger charge is -2.03. The molecule has 0 unspecified atom stereocenters. The first-order valence-corrected chi connectivity index (χ1v) is 5.67. The van der Waals surface area contributed by atoms with E-state index in [1.165, 1.54) is 17.9 Å². The van der Waals surface area contributed by atoms with Gasteiger partial charge in [0.15, 0.2) is 5.82 Å². The maximum Gasteiger partial charge on any atom is 0.313 e. The fraction of sp³-hybridized carbons (Fsp3) is 0.222. The average Bonchev–Trinajstić information content (AvgIpc) is 2.58. The highest BCUT2D eigenvalue weighted by molar-refractivity contribution is 9.10. The van der Waals surface area contributed by atoms with Gasteiger partial charge in [0.05, 0.1) is 11.3 Å². The third-order valence-electron chi connectivity index (χ3n) is 2.41. The Balaban J connectivity index is 2.73. The summed E-state index contributed by atoms with van der Waals surface area (Å²) in [5.74, 6) is 0.215. The lowest BCUT2D eigenvalue weighted by Crippen LogP contribution is -2.13. The third-order valence-corrected chi connectivity index (χ3v) is 3.13. The van der Waals surface area contributed by atoms with Crippen LogP contribution in [0.5, 0.6) is 0 Å². The molecule has 0 aliphatic carbocycles. The number of aromatic nitrogens is 4. The van der Waals surface area contributed by atoms with Crippen molar-refractivity contribution in [1.29, 1.82) is 0 Å². The number of halogens is 1. The second kappa shape index (κ2) is 4.33. The van der Waals surface area contributed by atoms with Gasteiger partial charge in [-0.15, -0.1) is 0 Å². The summed E-state index contributed by atoms with van der Waals surface area (Å²) in [5.41, 5.74) is 0.127. The highest BCUT2D eigenvalue weighted by Crippen LogP contribution is 2.25. The van der Waals surface area contributed by atoms with E-state index >= 15 is 0 Å². The molecule has 8 nitrogen and oxygen atoms in total. The number of aromatic amines is 1. The van der Waals surface area contributed by atoms with Gasteiger partial charge >= 0.3 is 5.69 Å². The molecule has 0 fully saturated rings. The number of nitro groups is 1. The molecule has 18 heavy (non-hydrogen) atoms. The van der Waals surface area contributed by atoms with Crippen molar-refractivity contribution in [3.8, 4) is 5.82 Å². The number of nitrogens with zero attached hydrogens (tertiary/aromatic N) is 4. The van der Waals surface area contributed by atoms with Crippen molar-refractivity contribution in [3.05, 3.63) is 42.7 Å². The monoisotopic (exact) mass is 313 g/mol. The number of nitrogens with one attached hydrogen (secondary N) is 1. The van der Waals surface area contributed by atoms with Gasteiger partial charge in [-0.1, -0.05) is 0 Å². The standard InChI is InChI=1S/C9H8BrN5O3/c1-4-7(15(17)18)5(2)14(13-4)8-6(10)9(16)12-3-11-8/h3H,1-2H3,(H,11,12,16). The van der Waals surface area contributed by atoms with E-state index in [0.717, 1.165) is 0 Å². The van der Waals surface area contributed by atoms with Crippen molar-refractivity contribution in [2.45, 2.75) is 13.8 Å². The van der Waals surface area contributed by atoms with Gasteiger partial charge in [0.25, 0.3) is 5.56 Å². The van der Waals surface area contributed by atoms with E-state index in [2.05, 4.69) is 31.0 Å². The van der Waals surface area contributed by atoms with Crippen LogP contribution in [0.2, 0.25) is 0 Å². The number of H-pyrrole nitrogens is 1. The van der Waals surface area contributed by atoms with Crippen LogP contribution in [0, 0.1) is 24.0 Å². The Morgan fingerprint density at radius 1 is 1.50 bits per heavy atom. The van der Waals surface area contributed by atoms with Crippen molar-refractivity contribution in [1.82, 2.24) is 19.7 Å². The van der Waals surface area contributed by atoms with Crippen LogP contribution in [-0.2, 0) is 0 Å². The SMILES string of the molecule is Cc1nn(-c2nc[nH]c(=O)c2Br)c(C)c1[N+](=O)[O-]. The van der Waals surface area contributed by atoms with Crippen molar-refractivity contribution in [3.63, 3.8) is 0 Å². The van der Waals surface area contributed by atoms with Crippen molar-refractivity contribution in [2.24, 2.45) is 0 Å². The Bertz CT molecular complexity index is 690. The molecule has 0 bridgehead atoms. The summed E-state index contributed by atoms with van der Waals surface area (Å²) >= 11 is 3.08. The smallest absolute Gasteiger partial charge is 0.312 e. The molecule has 0 aliphatic rings. The largest absolute Gasteiger partial charge is 0.313 e. The highest BCUT2D eigenvalue weighted by atomic mass is 79.9. The van der Waals surface area contributed by atoms with E-state index in [1.54, 1.807) is 6.92 Å². The minimum atomic E-state index is -0.505. The van der Waals surface area contributed by atoms with Crippen LogP contribution >= 0.6 is 15.9 Å². The molecule has 2 aromatic heterocycles. The van der Waals surface area contributed by atoms with Gasteiger partial charge < -0.3 is 4.98 Å². The second-order valence-corrected chi connectivity index (χ2v) is 4.35. The normalized spacial score (nSPS) is 10.6. The zero-order chi connectivity index (χ0) is 13.4. The number of aryl methyl sites for hydroxylation is 1. The molecule has 0 amide bonds. The molecular formula is C9H8BrN5O3. The maximum atomic E-state index is 11.4. The summed E-state index contributed by atoms with van der Waals surface area (Å²) in [7, 11) is 0. The molecule has 0 radical (unpaired) electrons. The van der Waals surface area contributed by atoms with Crippen LogP contribution in [0.3, 0.4) is 0 Å². The number of rotatable bonds is 2. The fourth-order valence-corrected chi connectivity index (χ4v) is 2.01. The van der Waals surface area contributed by atoms with E-state index < -0.39 is 4.92 Å². The maximum absolute atomic E-state index is 11.4. The van der Waals surface area contributed by atoms with E-state index in [1.807, 2.05) is 0 Å². The first-order chi connectivity index (χ1) is 8.43. The summed E-state index contributed by atoms with van der Waals surface area (Å²) in [5, 5.41) is 14.9. The molecule has 0 saturated heterocycles. The summed E-state index contributed by atoms with van der Waals surface area (Å²) in [6, 6.07) is 0. The van der Waals surface area contributed by atoms with Crippen molar-refractivity contribution >= 4 is 21.6 Å². The quantitative estimate of drug-likeness (QED) is 0.663. The van der Waals surface area contributed by atoms with E-state index in [0.29, 0.717) is 5.69 Å². The Hall–Kier alpha value is -2.03. The van der Waals surface area contributed by atoms with Crippen LogP contribution in [0.1, 0.15) is 11.4 Å². The molecule has 2 heterocycles. The van der Waals surface area contributed by atoms with Gasteiger partial charge in [0.2, 0.25) is 0 Å². The van der Waals surface area contributed by atoms with Gasteiger partial charge in [-0.25, -0.2) is 9.67 Å².